The Bertz CT molecular complexity index is 1230. The molecule has 0 aliphatic carbocycles. The van der Waals surface area contributed by atoms with Crippen molar-refractivity contribution in [3.63, 3.8) is 0 Å². The zero-order valence-electron chi connectivity index (χ0n) is 21.3. The fourth-order valence-corrected chi connectivity index (χ4v) is 4.03. The molecule has 0 aliphatic heterocycles. The van der Waals surface area contributed by atoms with E-state index < -0.39 is 12.0 Å². The summed E-state index contributed by atoms with van der Waals surface area (Å²) in [6, 6.07) is 14.5. The third kappa shape index (κ3) is 6.35. The Kier molecular flexibility index (Phi) is 8.79. The Morgan fingerprint density at radius 2 is 1.71 bits per heavy atom. The molecule has 0 saturated carbocycles. The molecule has 2 aromatic carbocycles. The summed E-state index contributed by atoms with van der Waals surface area (Å²) in [5, 5.41) is 0.520. The highest BCUT2D eigenvalue weighted by molar-refractivity contribution is 5.82. The normalized spacial score (nSPS) is 12.1. The van der Waals surface area contributed by atoms with Crippen molar-refractivity contribution in [1.29, 1.82) is 0 Å². The largest absolute Gasteiger partial charge is 0.466 e. The number of para-hydroxylation sites is 1. The van der Waals surface area contributed by atoms with Gasteiger partial charge in [0.15, 0.2) is 0 Å². The van der Waals surface area contributed by atoms with Gasteiger partial charge in [0.2, 0.25) is 5.91 Å². The molecule has 186 valence electrons. The van der Waals surface area contributed by atoms with Crippen LogP contribution in [0.4, 0.5) is 0 Å². The van der Waals surface area contributed by atoms with Crippen molar-refractivity contribution < 1.29 is 14.3 Å². The van der Waals surface area contributed by atoms with Gasteiger partial charge < -0.3 is 9.64 Å². The summed E-state index contributed by atoms with van der Waals surface area (Å²) in [7, 11) is 0. The van der Waals surface area contributed by atoms with Crippen molar-refractivity contribution in [2.24, 2.45) is 5.92 Å². The van der Waals surface area contributed by atoms with E-state index >= 15 is 0 Å². The molecule has 1 heterocycles. The first-order chi connectivity index (χ1) is 16.7. The maximum absolute atomic E-state index is 13.6. The minimum absolute atomic E-state index is 0.0213. The molecule has 7 nitrogen and oxygen atoms in total. The Balaban J connectivity index is 2.09. The third-order valence-corrected chi connectivity index (χ3v) is 6.05. The molecule has 0 saturated heterocycles. The summed E-state index contributed by atoms with van der Waals surface area (Å²) >= 11 is 0. The van der Waals surface area contributed by atoms with Gasteiger partial charge in [-0.3, -0.25) is 19.0 Å². The fourth-order valence-electron chi connectivity index (χ4n) is 4.03. The highest BCUT2D eigenvalue weighted by atomic mass is 16.5. The maximum Gasteiger partial charge on any atom is 0.306 e. The van der Waals surface area contributed by atoms with Crippen LogP contribution in [0.3, 0.4) is 0 Å². The number of amides is 1. The van der Waals surface area contributed by atoms with Crippen LogP contribution in [-0.4, -0.2) is 39.5 Å². The predicted octanol–water partition coefficient (Wildman–Crippen LogP) is 4.97. The summed E-state index contributed by atoms with van der Waals surface area (Å²) in [5.74, 6) is 0.318. The van der Waals surface area contributed by atoms with Gasteiger partial charge >= 0.3 is 5.97 Å². The predicted molar refractivity (Wildman–Crippen MR) is 138 cm³/mol. The molecular formula is C28H35N3O4. The van der Waals surface area contributed by atoms with E-state index in [2.05, 4.69) is 13.8 Å². The highest BCUT2D eigenvalue weighted by Gasteiger charge is 2.27. The second kappa shape index (κ2) is 11.8. The quantitative estimate of drug-likeness (QED) is 0.385. The van der Waals surface area contributed by atoms with Crippen molar-refractivity contribution in [2.45, 2.75) is 59.9 Å². The summed E-state index contributed by atoms with van der Waals surface area (Å²) in [6.07, 6.45) is 0.856. The molecule has 1 aromatic heterocycles. The summed E-state index contributed by atoms with van der Waals surface area (Å²) < 4.78 is 6.60. The van der Waals surface area contributed by atoms with Gasteiger partial charge in [0.05, 0.1) is 35.7 Å². The molecule has 3 aromatic rings. The zero-order valence-corrected chi connectivity index (χ0v) is 21.3. The van der Waals surface area contributed by atoms with E-state index in [0.29, 0.717) is 34.9 Å². The fraction of sp³-hybridized carbons (Fsp3) is 0.429. The molecule has 1 amide bonds. The number of hydrogen-bond donors (Lipinski definition) is 0. The molecule has 1 unspecified atom stereocenters. The van der Waals surface area contributed by atoms with Crippen LogP contribution in [0.2, 0.25) is 0 Å². The van der Waals surface area contributed by atoms with E-state index in [1.54, 1.807) is 22.5 Å². The molecule has 0 spiro atoms. The molecule has 0 N–H and O–H groups in total. The number of nitrogens with zero attached hydrogens (tertiary/aromatic N) is 3. The van der Waals surface area contributed by atoms with Crippen molar-refractivity contribution in [1.82, 2.24) is 14.5 Å². The van der Waals surface area contributed by atoms with E-state index in [-0.39, 0.29) is 30.9 Å². The van der Waals surface area contributed by atoms with Gasteiger partial charge in [-0.25, -0.2) is 4.98 Å². The van der Waals surface area contributed by atoms with E-state index in [9.17, 15) is 14.4 Å². The third-order valence-electron chi connectivity index (χ3n) is 6.05. The molecule has 0 fully saturated rings. The summed E-state index contributed by atoms with van der Waals surface area (Å²) in [5.41, 5.74) is 2.19. The van der Waals surface area contributed by atoms with Crippen molar-refractivity contribution >= 4 is 22.8 Å². The van der Waals surface area contributed by atoms with Crippen LogP contribution in [0.15, 0.2) is 53.3 Å². The maximum atomic E-state index is 13.6. The highest BCUT2D eigenvalue weighted by Crippen LogP contribution is 2.25. The Morgan fingerprint density at radius 1 is 1.03 bits per heavy atom. The van der Waals surface area contributed by atoms with Gasteiger partial charge in [0.1, 0.15) is 5.82 Å². The number of hydrogen-bond acceptors (Lipinski definition) is 5. The zero-order chi connectivity index (χ0) is 25.5. The molecule has 0 bridgehead atoms. The first-order valence-electron chi connectivity index (χ1n) is 12.3. The standard InChI is InChI=1S/C28H35N3O4/c1-6-35-26(33)16-15-25(32)30(18-17-19(2)3)21(5)27-29-24-10-8-7-9-23(24)28(34)31(27)22-13-11-20(4)12-14-22/h7-14,19,21H,6,15-18H2,1-5H3. The number of aryl methyl sites for hydroxylation is 1. The Labute approximate surface area is 206 Å². The smallest absolute Gasteiger partial charge is 0.306 e. The number of esters is 1. The van der Waals surface area contributed by atoms with Gasteiger partial charge in [0, 0.05) is 13.0 Å². The van der Waals surface area contributed by atoms with Crippen LogP contribution in [-0.2, 0) is 14.3 Å². The average molecular weight is 478 g/mol. The monoisotopic (exact) mass is 477 g/mol. The second-order valence-corrected chi connectivity index (χ2v) is 9.21. The SMILES string of the molecule is CCOC(=O)CCC(=O)N(CCC(C)C)C(C)c1nc2ccccc2c(=O)n1-c1ccc(C)cc1. The minimum Gasteiger partial charge on any atom is -0.466 e. The number of benzene rings is 2. The number of fused-ring (bicyclic) bond motifs is 1. The van der Waals surface area contributed by atoms with Crippen LogP contribution >= 0.6 is 0 Å². The lowest BCUT2D eigenvalue weighted by atomic mass is 10.1. The first kappa shape index (κ1) is 26.1. The number of carbonyl (C=O) groups is 2. The molecule has 0 aliphatic rings. The average Bonchev–Trinajstić information content (AvgIpc) is 2.83. The molecule has 35 heavy (non-hydrogen) atoms. The van der Waals surface area contributed by atoms with Crippen LogP contribution < -0.4 is 5.56 Å². The first-order valence-corrected chi connectivity index (χ1v) is 12.3. The minimum atomic E-state index is -0.484. The summed E-state index contributed by atoms with van der Waals surface area (Å²) in [4.78, 5) is 45.5. The van der Waals surface area contributed by atoms with E-state index in [4.69, 9.17) is 9.72 Å². The number of ether oxygens (including phenoxy) is 1. The second-order valence-electron chi connectivity index (χ2n) is 9.21. The van der Waals surface area contributed by atoms with Gasteiger partial charge in [-0.05, 0) is 57.4 Å². The van der Waals surface area contributed by atoms with E-state index in [1.807, 2.05) is 56.3 Å². The number of rotatable bonds is 10. The summed E-state index contributed by atoms with van der Waals surface area (Å²) in [6.45, 7) is 10.6. The van der Waals surface area contributed by atoms with Crippen LogP contribution in [0.25, 0.3) is 16.6 Å². The Morgan fingerprint density at radius 3 is 2.37 bits per heavy atom. The van der Waals surface area contributed by atoms with Crippen LogP contribution in [0.5, 0.6) is 0 Å². The van der Waals surface area contributed by atoms with Gasteiger partial charge in [0.25, 0.3) is 5.56 Å². The van der Waals surface area contributed by atoms with Gasteiger partial charge in [-0.2, -0.15) is 0 Å². The topological polar surface area (TPSA) is 81.5 Å². The number of aromatic nitrogens is 2. The van der Waals surface area contributed by atoms with E-state index in [1.165, 1.54) is 0 Å². The number of carbonyl (C=O) groups excluding carboxylic acids is 2. The van der Waals surface area contributed by atoms with Crippen molar-refractivity contribution in [3.05, 3.63) is 70.3 Å². The van der Waals surface area contributed by atoms with Crippen LogP contribution in [0.1, 0.15) is 64.4 Å². The molecule has 0 radical (unpaired) electrons. The molecule has 3 rings (SSSR count). The van der Waals surface area contributed by atoms with Gasteiger partial charge in [-0.15, -0.1) is 0 Å². The van der Waals surface area contributed by atoms with Gasteiger partial charge in [-0.1, -0.05) is 43.7 Å². The van der Waals surface area contributed by atoms with Crippen molar-refractivity contribution in [3.8, 4) is 5.69 Å². The van der Waals surface area contributed by atoms with E-state index in [0.717, 1.165) is 12.0 Å². The lowest BCUT2D eigenvalue weighted by molar-refractivity contribution is -0.146. The van der Waals surface area contributed by atoms with Crippen molar-refractivity contribution in [2.75, 3.05) is 13.2 Å². The molecular weight excluding hydrogens is 442 g/mol. The Hall–Kier alpha value is -3.48. The lowest BCUT2D eigenvalue weighted by Crippen LogP contribution is -2.38. The molecule has 7 heteroatoms. The van der Waals surface area contributed by atoms with Crippen LogP contribution in [0, 0.1) is 12.8 Å². The molecule has 1 atom stereocenters. The lowest BCUT2D eigenvalue weighted by Gasteiger charge is -2.31.